The molecule has 1 heterocycles. The van der Waals surface area contributed by atoms with Gasteiger partial charge in [0, 0.05) is 0 Å². The van der Waals surface area contributed by atoms with Gasteiger partial charge in [0.05, 0.1) is 7.05 Å². The Labute approximate surface area is 135 Å². The smallest absolute Gasteiger partial charge is 0.192 e. The lowest BCUT2D eigenvalue weighted by atomic mass is 9.89. The van der Waals surface area contributed by atoms with Crippen molar-refractivity contribution in [2.24, 2.45) is 0 Å². The van der Waals surface area contributed by atoms with E-state index in [-0.39, 0.29) is 0 Å². The molecular formula is C9H3F17N+. The molecule has 1 aliphatic heterocycles. The van der Waals surface area contributed by atoms with Crippen molar-refractivity contribution in [3.8, 4) is 0 Å². The van der Waals surface area contributed by atoms with Crippen LogP contribution in [0.25, 0.3) is 0 Å². The topological polar surface area (TPSA) is 0 Å². The van der Waals surface area contributed by atoms with Gasteiger partial charge in [-0.05, 0) is 0 Å². The monoisotopic (exact) mass is 448 g/mol. The number of likely N-dealkylation sites (tertiary alicyclic amines) is 1. The fraction of sp³-hybridized carbons (Fsp3) is 1.00. The first kappa shape index (κ1) is 23.8. The highest BCUT2D eigenvalue weighted by atomic mass is 19.4. The van der Waals surface area contributed by atoms with E-state index in [2.05, 4.69) is 0 Å². The zero-order valence-corrected chi connectivity index (χ0v) is 11.9. The molecule has 1 aliphatic rings. The minimum Gasteiger partial charge on any atom is -0.192 e. The lowest BCUT2D eigenvalue weighted by Crippen LogP contribution is -2.93. The number of hydrogen-bond acceptors (Lipinski definition) is 0. The molecule has 0 radical (unpaired) electrons. The molecule has 0 amide bonds. The number of quaternary nitrogens is 1. The maximum absolute atomic E-state index is 13.5. The molecule has 0 spiro atoms. The molecule has 0 aromatic rings. The molecule has 0 saturated carbocycles. The number of rotatable bonds is 2. The van der Waals surface area contributed by atoms with Crippen LogP contribution in [0, 0.1) is 0 Å². The average molecular weight is 448 g/mol. The molecule has 1 rings (SSSR count). The summed E-state index contributed by atoms with van der Waals surface area (Å²) in [6, 6.07) is -24.1. The zero-order chi connectivity index (χ0) is 22.5. The van der Waals surface area contributed by atoms with Gasteiger partial charge in [-0.15, -0.1) is 30.8 Å². The first-order valence-electron chi connectivity index (χ1n) is 5.83. The summed E-state index contributed by atoms with van der Waals surface area (Å²) in [5.41, 5.74) is 0. The van der Waals surface area contributed by atoms with Crippen LogP contribution in [0.3, 0.4) is 0 Å². The van der Waals surface area contributed by atoms with E-state index in [1.165, 1.54) is 0 Å². The van der Waals surface area contributed by atoms with Crippen LogP contribution in [-0.4, -0.2) is 59.5 Å². The van der Waals surface area contributed by atoms with Gasteiger partial charge in [-0.1, -0.05) is 0 Å². The summed E-state index contributed by atoms with van der Waals surface area (Å²) in [7, 11) is -1.95. The first-order valence-corrected chi connectivity index (χ1v) is 5.83. The van der Waals surface area contributed by atoms with Gasteiger partial charge >= 0.3 is 48.0 Å². The maximum atomic E-state index is 13.5. The van der Waals surface area contributed by atoms with Gasteiger partial charge in [-0.3, -0.25) is 0 Å². The molecule has 27 heavy (non-hydrogen) atoms. The summed E-state index contributed by atoms with van der Waals surface area (Å²) in [5.74, 6) is -31.7. The molecule has 0 bridgehead atoms. The third kappa shape index (κ3) is 2.02. The lowest BCUT2D eigenvalue weighted by molar-refractivity contribution is -1.15. The van der Waals surface area contributed by atoms with Crippen molar-refractivity contribution in [1.29, 1.82) is 0 Å². The molecule has 0 unspecified atom stereocenters. The highest BCUT2D eigenvalue weighted by molar-refractivity contribution is 5.10. The Hall–Kier alpha value is -1.23. The summed E-state index contributed by atoms with van der Waals surface area (Å²) >= 11 is 0. The molecule has 0 aliphatic carbocycles. The number of hydrogen-bond donors (Lipinski definition) is 0. The highest BCUT2D eigenvalue weighted by Crippen LogP contribution is 2.71. The Bertz CT molecular complexity index is 582. The predicted molar refractivity (Wildman–Crippen MR) is 46.9 cm³/mol. The average Bonchev–Trinajstić information content (AvgIpc) is 2.42. The van der Waals surface area contributed by atoms with Crippen molar-refractivity contribution in [3.63, 3.8) is 0 Å². The zero-order valence-electron chi connectivity index (χ0n) is 11.9. The van der Waals surface area contributed by atoms with Gasteiger partial charge in [-0.2, -0.15) is 48.3 Å². The Morgan fingerprint density at radius 1 is 0.519 bits per heavy atom. The van der Waals surface area contributed by atoms with Crippen LogP contribution in [0.4, 0.5) is 74.6 Å². The first-order chi connectivity index (χ1) is 11.2. The third-order valence-corrected chi connectivity index (χ3v) is 3.96. The van der Waals surface area contributed by atoms with E-state index < -0.39 is 59.5 Å². The summed E-state index contributed by atoms with van der Waals surface area (Å²) < 4.78 is 215. The van der Waals surface area contributed by atoms with E-state index in [0.717, 1.165) is 0 Å². The van der Waals surface area contributed by atoms with Crippen molar-refractivity contribution in [2.75, 3.05) is 7.05 Å². The normalized spacial score (nSPS) is 28.7. The van der Waals surface area contributed by atoms with Crippen molar-refractivity contribution >= 4 is 0 Å². The van der Waals surface area contributed by atoms with Gasteiger partial charge in [0.25, 0.3) is 0 Å². The fourth-order valence-electron chi connectivity index (χ4n) is 2.12. The van der Waals surface area contributed by atoms with Crippen LogP contribution in [0.5, 0.6) is 0 Å². The van der Waals surface area contributed by atoms with Crippen molar-refractivity contribution in [1.82, 2.24) is 0 Å². The lowest BCUT2D eigenvalue weighted by Gasteiger charge is -2.56. The van der Waals surface area contributed by atoms with Crippen molar-refractivity contribution < 1.29 is 79.1 Å². The van der Waals surface area contributed by atoms with Crippen LogP contribution in [-0.2, 0) is 0 Å². The Morgan fingerprint density at radius 3 is 1.00 bits per heavy atom. The van der Waals surface area contributed by atoms with E-state index in [9.17, 15) is 74.6 Å². The molecule has 1 nitrogen and oxygen atoms in total. The largest absolute Gasteiger partial charge is 0.474 e. The third-order valence-electron chi connectivity index (χ3n) is 3.96. The molecule has 0 aromatic carbocycles. The highest BCUT2D eigenvalue weighted by Gasteiger charge is 3.07. The summed E-state index contributed by atoms with van der Waals surface area (Å²) in [6.45, 7) is 0. The van der Waals surface area contributed by atoms with E-state index in [0.29, 0.717) is 0 Å². The Kier molecular flexibility index (Phi) is 4.43. The molecule has 0 atom stereocenters. The van der Waals surface area contributed by atoms with Gasteiger partial charge in [-0.25, -0.2) is 0 Å². The summed E-state index contributed by atoms with van der Waals surface area (Å²) in [5, 5.41) is 0. The number of piperidine rings is 1. The van der Waals surface area contributed by atoms with E-state index in [4.69, 9.17) is 0 Å². The van der Waals surface area contributed by atoms with Gasteiger partial charge in [0.1, 0.15) is 0 Å². The number of halogens is 17. The van der Waals surface area contributed by atoms with Crippen LogP contribution in [0.15, 0.2) is 0 Å². The van der Waals surface area contributed by atoms with Gasteiger partial charge < -0.3 is 0 Å². The van der Waals surface area contributed by atoms with Crippen LogP contribution in [0.2, 0.25) is 0 Å². The second-order valence-corrected chi connectivity index (χ2v) is 5.43. The quantitative estimate of drug-likeness (QED) is 0.305. The minimum absolute atomic E-state index is 1.95. The molecular weight excluding hydrogens is 445 g/mol. The second-order valence-electron chi connectivity index (χ2n) is 5.43. The second kappa shape index (κ2) is 5.03. The molecule has 18 heteroatoms. The standard InChI is InChI=1S/C9H3F17N/c1-27(9(25,26)5(16,17)6(18,19)20)7(21,22)3(12,13)2(10,11)4(14,15)8(27,23)24/h1H3/q+1. The van der Waals surface area contributed by atoms with Crippen LogP contribution >= 0.6 is 0 Å². The predicted octanol–water partition coefficient (Wildman–Crippen LogP) is 5.33. The Balaban J connectivity index is 4.10. The fourth-order valence-corrected chi connectivity index (χ4v) is 2.12. The SMILES string of the molecule is C[N+]1(C(F)(F)C(F)(F)C(F)(F)F)C(F)(F)C(F)(F)C(F)(F)C(F)(F)C1(F)F. The summed E-state index contributed by atoms with van der Waals surface area (Å²) in [4.78, 5) is 0. The molecule has 1 fully saturated rings. The van der Waals surface area contributed by atoms with Gasteiger partial charge in [0.15, 0.2) is 0 Å². The molecule has 1 saturated heterocycles. The van der Waals surface area contributed by atoms with E-state index >= 15 is 0 Å². The maximum Gasteiger partial charge on any atom is 0.474 e. The van der Waals surface area contributed by atoms with Crippen LogP contribution in [0.1, 0.15) is 0 Å². The van der Waals surface area contributed by atoms with E-state index in [1.54, 1.807) is 0 Å². The van der Waals surface area contributed by atoms with Gasteiger partial charge in [0.2, 0.25) is 0 Å². The number of nitrogens with zero attached hydrogens (tertiary/aromatic N) is 1. The van der Waals surface area contributed by atoms with E-state index in [1.807, 2.05) is 0 Å². The van der Waals surface area contributed by atoms with Crippen molar-refractivity contribution in [3.05, 3.63) is 0 Å². The Morgan fingerprint density at radius 2 is 0.778 bits per heavy atom. The summed E-state index contributed by atoms with van der Waals surface area (Å²) in [6.07, 6.45) is -7.71. The number of alkyl halides is 17. The molecule has 0 aromatic heterocycles. The minimum atomic E-state index is -8.18. The molecule has 0 N–H and O–H groups in total. The molecule has 162 valence electrons. The van der Waals surface area contributed by atoms with Crippen molar-refractivity contribution in [2.45, 2.75) is 48.0 Å². The van der Waals surface area contributed by atoms with Crippen LogP contribution < -0.4 is 0 Å².